The van der Waals surface area contributed by atoms with Crippen molar-refractivity contribution in [2.24, 2.45) is 24.6 Å². The smallest absolute Gasteiger partial charge is 0.252 e. The van der Waals surface area contributed by atoms with E-state index in [0.717, 1.165) is 36.1 Å². The van der Waals surface area contributed by atoms with Crippen LogP contribution in [-0.4, -0.2) is 24.2 Å². The van der Waals surface area contributed by atoms with Crippen molar-refractivity contribution in [1.82, 2.24) is 4.57 Å². The van der Waals surface area contributed by atoms with Crippen LogP contribution in [0, 0.1) is 11.8 Å². The van der Waals surface area contributed by atoms with E-state index in [1.54, 1.807) is 10.6 Å². The molecule has 4 nitrogen and oxygen atoms in total. The molecule has 2 aromatic rings. The van der Waals surface area contributed by atoms with Gasteiger partial charge in [0.05, 0.1) is 11.2 Å². The van der Waals surface area contributed by atoms with Gasteiger partial charge >= 0.3 is 0 Å². The fraction of sp³-hybridized carbons (Fsp3) is 0.471. The summed E-state index contributed by atoms with van der Waals surface area (Å²) in [5, 5.41) is 1.14. The molecule has 4 heteroatoms. The first kappa shape index (κ1) is 14.1. The Labute approximate surface area is 125 Å². The minimum atomic E-state index is 0.0478. The molecule has 2 heterocycles. The van der Waals surface area contributed by atoms with Gasteiger partial charge in [0.1, 0.15) is 0 Å². The van der Waals surface area contributed by atoms with Gasteiger partial charge in [-0.2, -0.15) is 0 Å². The number of aromatic nitrogens is 1. The highest BCUT2D eigenvalue weighted by atomic mass is 16.1. The SMILES string of the molecule is CC1CCN(c2cc(=O)n(C)c3ccccc23)CC1CN. The largest absolute Gasteiger partial charge is 0.370 e. The lowest BCUT2D eigenvalue weighted by molar-refractivity contribution is 0.308. The molecule has 0 bridgehead atoms. The Morgan fingerprint density at radius 2 is 2.10 bits per heavy atom. The molecule has 0 radical (unpaired) electrons. The molecule has 2 N–H and O–H groups in total. The zero-order chi connectivity index (χ0) is 15.0. The summed E-state index contributed by atoms with van der Waals surface area (Å²) in [7, 11) is 1.83. The molecule has 1 fully saturated rings. The van der Waals surface area contributed by atoms with Crippen molar-refractivity contribution < 1.29 is 0 Å². The first-order chi connectivity index (χ1) is 10.1. The molecule has 0 aliphatic carbocycles. The summed E-state index contributed by atoms with van der Waals surface area (Å²) in [6, 6.07) is 9.88. The fourth-order valence-electron chi connectivity index (χ4n) is 3.33. The van der Waals surface area contributed by atoms with Crippen LogP contribution in [-0.2, 0) is 7.05 Å². The van der Waals surface area contributed by atoms with Gasteiger partial charge in [-0.1, -0.05) is 25.1 Å². The number of nitrogens with two attached hydrogens (primary N) is 1. The van der Waals surface area contributed by atoms with E-state index >= 15 is 0 Å². The van der Waals surface area contributed by atoms with Gasteiger partial charge in [0.25, 0.3) is 5.56 Å². The highest BCUT2D eigenvalue weighted by Crippen LogP contribution is 2.30. The van der Waals surface area contributed by atoms with Crippen LogP contribution >= 0.6 is 0 Å². The lowest BCUT2D eigenvalue weighted by Gasteiger charge is -2.38. The monoisotopic (exact) mass is 285 g/mol. The molecular weight excluding hydrogens is 262 g/mol. The van der Waals surface area contributed by atoms with Crippen molar-refractivity contribution in [1.29, 1.82) is 0 Å². The topological polar surface area (TPSA) is 51.3 Å². The van der Waals surface area contributed by atoms with E-state index in [9.17, 15) is 4.79 Å². The molecule has 1 aliphatic rings. The van der Waals surface area contributed by atoms with Crippen LogP contribution in [0.3, 0.4) is 0 Å². The Morgan fingerprint density at radius 3 is 2.86 bits per heavy atom. The number of benzene rings is 1. The fourth-order valence-corrected chi connectivity index (χ4v) is 3.33. The highest BCUT2D eigenvalue weighted by Gasteiger charge is 2.26. The highest BCUT2D eigenvalue weighted by molar-refractivity contribution is 5.91. The number of pyridine rings is 1. The van der Waals surface area contributed by atoms with Gasteiger partial charge in [-0.05, 0) is 30.9 Å². The maximum atomic E-state index is 12.2. The molecule has 1 saturated heterocycles. The van der Waals surface area contributed by atoms with Crippen molar-refractivity contribution in [3.63, 3.8) is 0 Å². The van der Waals surface area contributed by atoms with Crippen LogP contribution in [0.2, 0.25) is 0 Å². The molecular formula is C17H23N3O. The number of piperidine rings is 1. The van der Waals surface area contributed by atoms with Crippen molar-refractivity contribution in [2.75, 3.05) is 24.5 Å². The molecule has 2 unspecified atom stereocenters. The average molecular weight is 285 g/mol. The van der Waals surface area contributed by atoms with Crippen molar-refractivity contribution in [3.05, 3.63) is 40.7 Å². The molecule has 1 aromatic carbocycles. The van der Waals surface area contributed by atoms with Crippen LogP contribution in [0.15, 0.2) is 35.1 Å². The number of hydrogen-bond acceptors (Lipinski definition) is 3. The summed E-state index contributed by atoms with van der Waals surface area (Å²) in [6.07, 6.45) is 1.13. The molecule has 3 rings (SSSR count). The van der Waals surface area contributed by atoms with Gasteiger partial charge < -0.3 is 15.2 Å². The van der Waals surface area contributed by atoms with E-state index in [1.165, 1.54) is 0 Å². The molecule has 1 aliphatic heterocycles. The van der Waals surface area contributed by atoms with Crippen LogP contribution in [0.25, 0.3) is 10.9 Å². The number of fused-ring (bicyclic) bond motifs is 1. The number of hydrogen-bond donors (Lipinski definition) is 1. The van der Waals surface area contributed by atoms with E-state index in [4.69, 9.17) is 5.73 Å². The minimum absolute atomic E-state index is 0.0478. The van der Waals surface area contributed by atoms with Gasteiger partial charge in [-0.15, -0.1) is 0 Å². The van der Waals surface area contributed by atoms with Gasteiger partial charge in [0.15, 0.2) is 0 Å². The summed E-state index contributed by atoms with van der Waals surface area (Å²) < 4.78 is 1.71. The predicted molar refractivity (Wildman–Crippen MR) is 87.7 cm³/mol. The number of rotatable bonds is 2. The Morgan fingerprint density at radius 1 is 1.33 bits per heavy atom. The summed E-state index contributed by atoms with van der Waals surface area (Å²) >= 11 is 0. The van der Waals surface area contributed by atoms with Crippen molar-refractivity contribution in [3.8, 4) is 0 Å². The average Bonchev–Trinajstić information content (AvgIpc) is 2.51. The van der Waals surface area contributed by atoms with E-state index in [-0.39, 0.29) is 5.56 Å². The van der Waals surface area contributed by atoms with Gasteiger partial charge in [-0.3, -0.25) is 4.79 Å². The van der Waals surface area contributed by atoms with E-state index in [0.29, 0.717) is 18.4 Å². The maximum absolute atomic E-state index is 12.2. The molecule has 21 heavy (non-hydrogen) atoms. The number of para-hydroxylation sites is 1. The summed E-state index contributed by atoms with van der Waals surface area (Å²) in [5.74, 6) is 1.16. The van der Waals surface area contributed by atoms with Crippen molar-refractivity contribution >= 4 is 16.6 Å². The third-order valence-corrected chi connectivity index (χ3v) is 4.89. The first-order valence-corrected chi connectivity index (χ1v) is 7.65. The second kappa shape index (κ2) is 5.53. The second-order valence-corrected chi connectivity index (χ2v) is 6.15. The third-order valence-electron chi connectivity index (χ3n) is 4.89. The zero-order valence-corrected chi connectivity index (χ0v) is 12.7. The molecule has 1 aromatic heterocycles. The molecule has 0 amide bonds. The normalized spacial score (nSPS) is 22.7. The molecule has 112 valence electrons. The Bertz CT molecular complexity index is 707. The van der Waals surface area contributed by atoms with Gasteiger partial charge in [0.2, 0.25) is 0 Å². The second-order valence-electron chi connectivity index (χ2n) is 6.15. The van der Waals surface area contributed by atoms with E-state index in [1.807, 2.05) is 25.2 Å². The molecule has 2 atom stereocenters. The van der Waals surface area contributed by atoms with Crippen LogP contribution in [0.4, 0.5) is 5.69 Å². The molecule has 0 saturated carbocycles. The summed E-state index contributed by atoms with van der Waals surface area (Å²) in [5.41, 5.74) is 8.00. The third kappa shape index (κ3) is 2.44. The number of anilines is 1. The zero-order valence-electron chi connectivity index (χ0n) is 12.7. The number of aryl methyl sites for hydroxylation is 1. The maximum Gasteiger partial charge on any atom is 0.252 e. The standard InChI is InChI=1S/C17H23N3O/c1-12-7-8-20(11-13(12)10-18)16-9-17(21)19(2)15-6-4-3-5-14(15)16/h3-6,9,12-13H,7-8,10-11,18H2,1-2H3. The summed E-state index contributed by atoms with van der Waals surface area (Å²) in [6.45, 7) is 4.92. The minimum Gasteiger partial charge on any atom is -0.370 e. The number of nitrogens with zero attached hydrogens (tertiary/aromatic N) is 2. The van der Waals surface area contributed by atoms with Gasteiger partial charge in [0, 0.05) is 31.6 Å². The summed E-state index contributed by atoms with van der Waals surface area (Å²) in [4.78, 5) is 14.6. The lowest BCUT2D eigenvalue weighted by atomic mass is 9.87. The quantitative estimate of drug-likeness (QED) is 0.917. The molecule has 0 spiro atoms. The van der Waals surface area contributed by atoms with Crippen molar-refractivity contribution in [2.45, 2.75) is 13.3 Å². The Hall–Kier alpha value is -1.81. The van der Waals surface area contributed by atoms with Crippen LogP contribution < -0.4 is 16.2 Å². The van der Waals surface area contributed by atoms with E-state index in [2.05, 4.69) is 17.9 Å². The Balaban J connectivity index is 2.09. The van der Waals surface area contributed by atoms with E-state index < -0.39 is 0 Å². The van der Waals surface area contributed by atoms with Crippen LogP contribution in [0.5, 0.6) is 0 Å². The Kier molecular flexibility index (Phi) is 3.72. The lowest BCUT2D eigenvalue weighted by Crippen LogP contribution is -2.43. The first-order valence-electron chi connectivity index (χ1n) is 7.65. The van der Waals surface area contributed by atoms with Crippen LogP contribution in [0.1, 0.15) is 13.3 Å². The van der Waals surface area contributed by atoms with Gasteiger partial charge in [-0.25, -0.2) is 0 Å². The predicted octanol–water partition coefficient (Wildman–Crippen LogP) is 1.96.